The summed E-state index contributed by atoms with van der Waals surface area (Å²) < 4.78 is 45.9. The zero-order chi connectivity index (χ0) is 20.5. The molecular formula is C18H19FN2O6S. The van der Waals surface area contributed by atoms with Gasteiger partial charge in [0.25, 0.3) is 10.1 Å². The van der Waals surface area contributed by atoms with Crippen molar-refractivity contribution >= 4 is 21.9 Å². The molecule has 0 saturated heterocycles. The molecule has 0 fully saturated rings. The Bertz CT molecular complexity index is 994. The van der Waals surface area contributed by atoms with Gasteiger partial charge in [-0.05, 0) is 42.7 Å². The highest BCUT2D eigenvalue weighted by molar-refractivity contribution is 7.85. The summed E-state index contributed by atoms with van der Waals surface area (Å²) in [6.07, 6.45) is 0.0382. The number of carboxylic acid groups (broad SMARTS) is 1. The molecule has 2 aromatic rings. The van der Waals surface area contributed by atoms with Crippen LogP contribution in [0.1, 0.15) is 16.8 Å². The highest BCUT2D eigenvalue weighted by Crippen LogP contribution is 2.35. The van der Waals surface area contributed by atoms with Crippen LogP contribution in [0, 0.1) is 12.7 Å². The Kier molecular flexibility index (Phi) is 5.52. The Morgan fingerprint density at radius 3 is 2.68 bits per heavy atom. The Balaban J connectivity index is 1.93. The summed E-state index contributed by atoms with van der Waals surface area (Å²) >= 11 is 0. The zero-order valence-corrected chi connectivity index (χ0v) is 16.1. The smallest absolute Gasteiger partial charge is 0.412 e. The van der Waals surface area contributed by atoms with Crippen LogP contribution in [0.3, 0.4) is 0 Å². The summed E-state index contributed by atoms with van der Waals surface area (Å²) in [4.78, 5) is 17.2. The monoisotopic (exact) mass is 410 g/mol. The molecule has 2 heterocycles. The number of hydrogen-bond donors (Lipinski definition) is 1. The summed E-state index contributed by atoms with van der Waals surface area (Å²) in [7, 11) is -3.73. The molecular weight excluding hydrogens is 391 g/mol. The van der Waals surface area contributed by atoms with Gasteiger partial charge in [-0.1, -0.05) is 12.1 Å². The van der Waals surface area contributed by atoms with Gasteiger partial charge in [-0.2, -0.15) is 8.42 Å². The van der Waals surface area contributed by atoms with Gasteiger partial charge in [0.15, 0.2) is 0 Å². The Hall–Kier alpha value is -2.72. The molecule has 1 aromatic heterocycles. The molecule has 1 aromatic carbocycles. The van der Waals surface area contributed by atoms with Gasteiger partial charge in [0.1, 0.15) is 18.1 Å². The molecule has 0 saturated carbocycles. The van der Waals surface area contributed by atoms with E-state index in [2.05, 4.69) is 4.98 Å². The van der Waals surface area contributed by atoms with Gasteiger partial charge >= 0.3 is 6.09 Å². The van der Waals surface area contributed by atoms with Gasteiger partial charge in [-0.25, -0.2) is 14.2 Å². The fourth-order valence-corrected chi connectivity index (χ4v) is 3.33. The predicted octanol–water partition coefficient (Wildman–Crippen LogP) is 2.34. The van der Waals surface area contributed by atoms with Crippen molar-refractivity contribution in [3.05, 3.63) is 53.0 Å². The van der Waals surface area contributed by atoms with Crippen molar-refractivity contribution in [3.63, 3.8) is 0 Å². The van der Waals surface area contributed by atoms with E-state index in [-0.39, 0.29) is 30.6 Å². The zero-order valence-electron chi connectivity index (χ0n) is 15.3. The maximum Gasteiger partial charge on any atom is 0.412 e. The van der Waals surface area contributed by atoms with E-state index in [1.54, 1.807) is 25.1 Å². The lowest BCUT2D eigenvalue weighted by atomic mass is 10.0. The van der Waals surface area contributed by atoms with Crippen LogP contribution in [-0.2, 0) is 20.7 Å². The number of anilines is 1. The summed E-state index contributed by atoms with van der Waals surface area (Å²) in [6, 6.07) is 6.78. The number of halogens is 1. The first-order valence-electron chi connectivity index (χ1n) is 8.38. The summed E-state index contributed by atoms with van der Waals surface area (Å²) in [5, 5.41) is 9.66. The highest BCUT2D eigenvalue weighted by atomic mass is 32.2. The third-order valence-corrected chi connectivity index (χ3v) is 4.85. The first-order chi connectivity index (χ1) is 13.1. The second-order valence-corrected chi connectivity index (χ2v) is 8.11. The number of carbonyl (C=O) groups is 1. The lowest BCUT2D eigenvalue weighted by Gasteiger charge is -2.34. The SMILES string of the molecule is Cc1nc2c(cc1Cc1ccc(F)cc1)N(C(=O)O)C(COS(C)(=O)=O)CO2. The predicted molar refractivity (Wildman–Crippen MR) is 98.8 cm³/mol. The minimum atomic E-state index is -3.73. The van der Waals surface area contributed by atoms with Crippen molar-refractivity contribution in [2.24, 2.45) is 0 Å². The second-order valence-electron chi connectivity index (χ2n) is 6.47. The number of fused-ring (bicyclic) bond motifs is 1. The number of benzene rings is 1. The number of aromatic nitrogens is 1. The van der Waals surface area contributed by atoms with Crippen LogP contribution in [0.15, 0.2) is 30.3 Å². The summed E-state index contributed by atoms with van der Waals surface area (Å²) in [6.45, 7) is 1.32. The van der Waals surface area contributed by atoms with Crippen LogP contribution in [0.4, 0.5) is 14.9 Å². The van der Waals surface area contributed by atoms with E-state index in [9.17, 15) is 22.7 Å². The van der Waals surface area contributed by atoms with Gasteiger partial charge in [-0.15, -0.1) is 0 Å². The van der Waals surface area contributed by atoms with E-state index in [4.69, 9.17) is 8.92 Å². The van der Waals surface area contributed by atoms with Crippen LogP contribution in [0.5, 0.6) is 5.88 Å². The molecule has 10 heteroatoms. The number of amides is 1. The van der Waals surface area contributed by atoms with E-state index in [1.165, 1.54) is 12.1 Å². The fraction of sp³-hybridized carbons (Fsp3) is 0.333. The first kappa shape index (κ1) is 20.0. The lowest BCUT2D eigenvalue weighted by Crippen LogP contribution is -2.49. The van der Waals surface area contributed by atoms with E-state index >= 15 is 0 Å². The molecule has 0 radical (unpaired) electrons. The number of aryl methyl sites for hydroxylation is 1. The van der Waals surface area contributed by atoms with E-state index in [0.29, 0.717) is 12.1 Å². The molecule has 3 rings (SSSR count). The number of pyridine rings is 1. The van der Waals surface area contributed by atoms with Gasteiger partial charge in [-0.3, -0.25) is 9.08 Å². The van der Waals surface area contributed by atoms with Gasteiger partial charge in [0, 0.05) is 5.69 Å². The van der Waals surface area contributed by atoms with Crippen LogP contribution in [0.2, 0.25) is 0 Å². The Labute approximate surface area is 161 Å². The minimum absolute atomic E-state index is 0.0848. The lowest BCUT2D eigenvalue weighted by molar-refractivity contribution is 0.169. The topological polar surface area (TPSA) is 106 Å². The van der Waals surface area contributed by atoms with Crippen LogP contribution in [-0.4, -0.2) is 50.1 Å². The largest absolute Gasteiger partial charge is 0.474 e. The molecule has 0 aliphatic carbocycles. The number of ether oxygens (including phenoxy) is 1. The molecule has 1 unspecified atom stereocenters. The summed E-state index contributed by atoms with van der Waals surface area (Å²) in [5.74, 6) is -0.193. The molecule has 1 N–H and O–H groups in total. The quantitative estimate of drug-likeness (QED) is 0.754. The average Bonchev–Trinajstić information content (AvgIpc) is 2.61. The molecule has 28 heavy (non-hydrogen) atoms. The van der Waals surface area contributed by atoms with Gasteiger partial charge in [0.05, 0.1) is 18.9 Å². The minimum Gasteiger partial charge on any atom is -0.474 e. The molecule has 1 atom stereocenters. The molecule has 150 valence electrons. The third kappa shape index (κ3) is 4.57. The van der Waals surface area contributed by atoms with Gasteiger partial charge < -0.3 is 9.84 Å². The fourth-order valence-electron chi connectivity index (χ4n) is 2.92. The number of nitrogens with zero attached hydrogens (tertiary/aromatic N) is 2. The van der Waals surface area contributed by atoms with Crippen molar-refractivity contribution in [1.82, 2.24) is 4.98 Å². The first-order valence-corrected chi connectivity index (χ1v) is 10.2. The standard InChI is InChI=1S/C18H19FN2O6S/c1-11-13(7-12-3-5-14(19)6-4-12)8-16-17(20-11)26-9-15(21(16)18(22)23)10-27-28(2,24)25/h3-6,8,15H,7,9-10H2,1-2H3,(H,22,23). The van der Waals surface area contributed by atoms with Gasteiger partial charge in [0.2, 0.25) is 5.88 Å². The molecule has 1 aliphatic heterocycles. The van der Waals surface area contributed by atoms with Crippen LogP contribution < -0.4 is 9.64 Å². The van der Waals surface area contributed by atoms with Crippen LogP contribution >= 0.6 is 0 Å². The molecule has 8 nitrogen and oxygen atoms in total. The third-order valence-electron chi connectivity index (χ3n) is 4.29. The Morgan fingerprint density at radius 2 is 2.07 bits per heavy atom. The maximum atomic E-state index is 13.1. The molecule has 1 amide bonds. The van der Waals surface area contributed by atoms with E-state index in [0.717, 1.165) is 22.3 Å². The molecule has 1 aliphatic rings. The van der Waals surface area contributed by atoms with Crippen molar-refractivity contribution in [2.45, 2.75) is 19.4 Å². The number of hydrogen-bond acceptors (Lipinski definition) is 6. The number of rotatable bonds is 5. The molecule has 0 bridgehead atoms. The Morgan fingerprint density at radius 1 is 1.39 bits per heavy atom. The van der Waals surface area contributed by atoms with Crippen molar-refractivity contribution in [2.75, 3.05) is 24.4 Å². The van der Waals surface area contributed by atoms with E-state index in [1.807, 2.05) is 0 Å². The second kappa shape index (κ2) is 7.72. The van der Waals surface area contributed by atoms with Crippen molar-refractivity contribution < 1.29 is 31.6 Å². The average molecular weight is 410 g/mol. The van der Waals surface area contributed by atoms with Crippen molar-refractivity contribution in [1.29, 1.82) is 0 Å². The molecule has 0 spiro atoms. The maximum absolute atomic E-state index is 13.1. The normalized spacial score (nSPS) is 16.4. The van der Waals surface area contributed by atoms with Crippen molar-refractivity contribution in [3.8, 4) is 5.88 Å². The van der Waals surface area contributed by atoms with E-state index < -0.39 is 22.3 Å². The van der Waals surface area contributed by atoms with Crippen LogP contribution in [0.25, 0.3) is 0 Å². The highest BCUT2D eigenvalue weighted by Gasteiger charge is 2.35. The summed E-state index contributed by atoms with van der Waals surface area (Å²) in [5.41, 5.74) is 2.44.